The lowest BCUT2D eigenvalue weighted by Gasteiger charge is -2.31. The Labute approximate surface area is 70.2 Å². The van der Waals surface area contributed by atoms with Gasteiger partial charge in [0.2, 0.25) is 0 Å². The minimum absolute atomic E-state index is 0. The fourth-order valence-electron chi connectivity index (χ4n) is 1.63. The molecule has 0 aromatic rings. The number of hydrogen-bond acceptors (Lipinski definition) is 1. The topological polar surface area (TPSA) is 3.24 Å². The van der Waals surface area contributed by atoms with Crippen LogP contribution in [-0.2, 0) is 0 Å². The van der Waals surface area contributed by atoms with Gasteiger partial charge >= 0.3 is 0 Å². The van der Waals surface area contributed by atoms with Crippen molar-refractivity contribution in [2.24, 2.45) is 0 Å². The minimum Gasteiger partial charge on any atom is -0.301 e. The smallest absolute Gasteiger partial charge is 0.00668 e. The van der Waals surface area contributed by atoms with E-state index in [2.05, 4.69) is 18.7 Å². The van der Waals surface area contributed by atoms with Gasteiger partial charge in [-0.25, -0.2) is 0 Å². The molecule has 0 spiro atoms. The zero-order chi connectivity index (χ0) is 6.69. The molecule has 10 heavy (non-hydrogen) atoms. The summed E-state index contributed by atoms with van der Waals surface area (Å²) in [6.07, 6.45) is 4.27. The van der Waals surface area contributed by atoms with E-state index in [4.69, 9.17) is 0 Å². The molecule has 1 nitrogen and oxygen atoms in total. The molecule has 1 aliphatic heterocycles. The van der Waals surface area contributed by atoms with Crippen LogP contribution in [0.15, 0.2) is 0 Å². The van der Waals surface area contributed by atoms with Gasteiger partial charge in [-0.3, -0.25) is 0 Å². The third-order valence-electron chi connectivity index (χ3n) is 2.35. The van der Waals surface area contributed by atoms with Crippen LogP contribution < -0.4 is 0 Å². The molecule has 0 aromatic heterocycles. The molecule has 1 unspecified atom stereocenters. The lowest BCUT2D eigenvalue weighted by molar-refractivity contribution is 0.169. The second-order valence-electron chi connectivity index (χ2n) is 2.97. The van der Waals surface area contributed by atoms with Crippen LogP contribution in [-0.4, -0.2) is 24.0 Å². The molecule has 1 fully saturated rings. The van der Waals surface area contributed by atoms with Crippen LogP contribution in [0.25, 0.3) is 0 Å². The van der Waals surface area contributed by atoms with Crippen molar-refractivity contribution in [3.8, 4) is 0 Å². The molecule has 1 atom stereocenters. The Morgan fingerprint density at radius 1 is 1.40 bits per heavy atom. The van der Waals surface area contributed by atoms with E-state index >= 15 is 0 Å². The van der Waals surface area contributed by atoms with Crippen molar-refractivity contribution in [1.29, 1.82) is 0 Å². The third-order valence-corrected chi connectivity index (χ3v) is 2.35. The van der Waals surface area contributed by atoms with E-state index in [0.29, 0.717) is 0 Å². The number of halogens is 1. The molecule has 0 bridgehead atoms. The van der Waals surface area contributed by atoms with E-state index < -0.39 is 0 Å². The van der Waals surface area contributed by atoms with Gasteiger partial charge in [-0.05, 0) is 32.9 Å². The van der Waals surface area contributed by atoms with Crippen molar-refractivity contribution < 1.29 is 0 Å². The van der Waals surface area contributed by atoms with Gasteiger partial charge in [-0.2, -0.15) is 0 Å². The molecular weight excluding hydrogens is 146 g/mol. The predicted octanol–water partition coefficient (Wildman–Crippen LogP) is 2.30. The van der Waals surface area contributed by atoms with Gasteiger partial charge < -0.3 is 4.90 Å². The predicted molar refractivity (Wildman–Crippen MR) is 47.8 cm³/mol. The standard InChI is InChI=1S/C8H17N.ClH/c1-3-9-7-5-4-6-8(9)2;/h8H,3-7H2,1-2H3;1H. The Hall–Kier alpha value is 0.250. The second-order valence-corrected chi connectivity index (χ2v) is 2.97. The highest BCUT2D eigenvalue weighted by Gasteiger charge is 2.14. The fraction of sp³-hybridized carbons (Fsp3) is 1.00. The first-order valence-corrected chi connectivity index (χ1v) is 4.08. The number of rotatable bonds is 1. The van der Waals surface area contributed by atoms with Crippen molar-refractivity contribution in [1.82, 2.24) is 4.90 Å². The first-order chi connectivity index (χ1) is 4.34. The summed E-state index contributed by atoms with van der Waals surface area (Å²) in [5.74, 6) is 0. The van der Waals surface area contributed by atoms with Crippen molar-refractivity contribution in [2.75, 3.05) is 13.1 Å². The van der Waals surface area contributed by atoms with Gasteiger partial charge in [0, 0.05) is 6.04 Å². The van der Waals surface area contributed by atoms with Crippen LogP contribution in [0.3, 0.4) is 0 Å². The van der Waals surface area contributed by atoms with E-state index in [9.17, 15) is 0 Å². The monoisotopic (exact) mass is 163 g/mol. The van der Waals surface area contributed by atoms with Crippen molar-refractivity contribution in [2.45, 2.75) is 39.2 Å². The molecule has 1 saturated heterocycles. The number of likely N-dealkylation sites (tertiary alicyclic amines) is 1. The van der Waals surface area contributed by atoms with Gasteiger partial charge in [-0.15, -0.1) is 12.4 Å². The Morgan fingerprint density at radius 2 is 2.10 bits per heavy atom. The lowest BCUT2D eigenvalue weighted by atomic mass is 10.0. The highest BCUT2D eigenvalue weighted by Crippen LogP contribution is 2.14. The molecule has 1 rings (SSSR count). The number of piperidine rings is 1. The van der Waals surface area contributed by atoms with Gasteiger partial charge in [0.05, 0.1) is 0 Å². The van der Waals surface area contributed by atoms with E-state index in [1.54, 1.807) is 0 Å². The summed E-state index contributed by atoms with van der Waals surface area (Å²) in [4.78, 5) is 2.56. The summed E-state index contributed by atoms with van der Waals surface area (Å²) in [5.41, 5.74) is 0. The maximum absolute atomic E-state index is 2.56. The Kier molecular flexibility index (Phi) is 5.10. The molecule has 0 saturated carbocycles. The van der Waals surface area contributed by atoms with E-state index in [0.717, 1.165) is 6.04 Å². The SMILES string of the molecule is CCN1CCCCC1C.Cl. The maximum Gasteiger partial charge on any atom is 0.00668 e. The zero-order valence-corrected chi connectivity index (χ0v) is 7.78. The number of hydrogen-bond donors (Lipinski definition) is 0. The third kappa shape index (κ3) is 2.47. The normalized spacial score (nSPS) is 27.6. The summed E-state index contributed by atoms with van der Waals surface area (Å²) in [6, 6.07) is 0.851. The van der Waals surface area contributed by atoms with E-state index in [1.807, 2.05) is 0 Å². The summed E-state index contributed by atoms with van der Waals surface area (Å²) >= 11 is 0. The highest BCUT2D eigenvalue weighted by atomic mass is 35.5. The molecule has 1 aliphatic rings. The van der Waals surface area contributed by atoms with Crippen molar-refractivity contribution >= 4 is 12.4 Å². The van der Waals surface area contributed by atoms with E-state index in [-0.39, 0.29) is 12.4 Å². The van der Waals surface area contributed by atoms with Crippen molar-refractivity contribution in [3.05, 3.63) is 0 Å². The van der Waals surface area contributed by atoms with Crippen molar-refractivity contribution in [3.63, 3.8) is 0 Å². The summed E-state index contributed by atoms with van der Waals surface area (Å²) in [6.45, 7) is 7.16. The van der Waals surface area contributed by atoms with Crippen LogP contribution >= 0.6 is 12.4 Å². The van der Waals surface area contributed by atoms with Gasteiger partial charge in [0.15, 0.2) is 0 Å². The number of nitrogens with zero attached hydrogens (tertiary/aromatic N) is 1. The summed E-state index contributed by atoms with van der Waals surface area (Å²) in [5, 5.41) is 0. The summed E-state index contributed by atoms with van der Waals surface area (Å²) in [7, 11) is 0. The average molecular weight is 164 g/mol. The molecule has 0 radical (unpaired) electrons. The molecule has 0 N–H and O–H groups in total. The molecule has 0 aromatic carbocycles. The van der Waals surface area contributed by atoms with E-state index in [1.165, 1.54) is 32.4 Å². The highest BCUT2D eigenvalue weighted by molar-refractivity contribution is 5.85. The molecule has 0 amide bonds. The first-order valence-electron chi connectivity index (χ1n) is 4.08. The Morgan fingerprint density at radius 3 is 2.50 bits per heavy atom. The molecule has 0 aliphatic carbocycles. The van der Waals surface area contributed by atoms with Crippen LogP contribution in [0.4, 0.5) is 0 Å². The first kappa shape index (κ1) is 10.2. The Bertz CT molecular complexity index is 85.3. The van der Waals surface area contributed by atoms with Gasteiger partial charge in [0.1, 0.15) is 0 Å². The Balaban J connectivity index is 0.000000810. The second kappa shape index (κ2) is 4.97. The largest absolute Gasteiger partial charge is 0.301 e. The molecule has 2 heteroatoms. The fourth-order valence-corrected chi connectivity index (χ4v) is 1.63. The van der Waals surface area contributed by atoms with Gasteiger partial charge in [-0.1, -0.05) is 13.3 Å². The van der Waals surface area contributed by atoms with Crippen LogP contribution in [0.5, 0.6) is 0 Å². The van der Waals surface area contributed by atoms with Crippen LogP contribution in [0, 0.1) is 0 Å². The molecular formula is C8H18ClN. The summed E-state index contributed by atoms with van der Waals surface area (Å²) < 4.78 is 0. The molecule has 1 heterocycles. The molecule has 62 valence electrons. The van der Waals surface area contributed by atoms with Gasteiger partial charge in [0.25, 0.3) is 0 Å². The quantitative estimate of drug-likeness (QED) is 0.574. The minimum atomic E-state index is 0. The zero-order valence-electron chi connectivity index (χ0n) is 6.97. The van der Waals surface area contributed by atoms with Crippen LogP contribution in [0.2, 0.25) is 0 Å². The lowest BCUT2D eigenvalue weighted by Crippen LogP contribution is -2.36. The maximum atomic E-state index is 2.56. The average Bonchev–Trinajstić information content (AvgIpc) is 1.89. The van der Waals surface area contributed by atoms with Crippen LogP contribution in [0.1, 0.15) is 33.1 Å².